The van der Waals surface area contributed by atoms with Gasteiger partial charge in [0, 0.05) is 23.9 Å². The van der Waals surface area contributed by atoms with Crippen LogP contribution in [0.2, 0.25) is 0 Å². The van der Waals surface area contributed by atoms with Crippen molar-refractivity contribution in [2.45, 2.75) is 33.4 Å². The molecule has 2 aromatic heterocycles. The van der Waals surface area contributed by atoms with E-state index in [4.69, 9.17) is 13.9 Å². The molecule has 0 aliphatic heterocycles. The zero-order valence-corrected chi connectivity index (χ0v) is 19.7. The van der Waals surface area contributed by atoms with Gasteiger partial charge in [-0.15, -0.1) is 0 Å². The topological polar surface area (TPSA) is 91.0 Å². The molecule has 0 aliphatic carbocycles. The number of aromatic nitrogens is 1. The molecule has 2 heterocycles. The largest absolute Gasteiger partial charge is 0.497 e. The van der Waals surface area contributed by atoms with Gasteiger partial charge in [0.25, 0.3) is 5.91 Å². The quantitative estimate of drug-likeness (QED) is 0.380. The average Bonchev–Trinajstić information content (AvgIpc) is 3.42. The highest BCUT2D eigenvalue weighted by Gasteiger charge is 2.33. The predicted molar refractivity (Wildman–Crippen MR) is 122 cm³/mol. The Morgan fingerprint density at radius 2 is 1.76 bits per heavy atom. The van der Waals surface area contributed by atoms with Gasteiger partial charge in [0.2, 0.25) is 0 Å². The van der Waals surface area contributed by atoms with Gasteiger partial charge in [-0.25, -0.2) is 4.79 Å². The molecule has 33 heavy (non-hydrogen) atoms. The summed E-state index contributed by atoms with van der Waals surface area (Å²) in [7, 11) is 4.56. The first-order chi connectivity index (χ1) is 15.7. The maximum absolute atomic E-state index is 13.7. The third-order valence-electron chi connectivity index (χ3n) is 5.91. The van der Waals surface area contributed by atoms with E-state index in [2.05, 4.69) is 0 Å². The molecule has 0 radical (unpaired) electrons. The molecule has 0 bridgehead atoms. The molecule has 1 unspecified atom stereocenters. The van der Waals surface area contributed by atoms with Crippen molar-refractivity contribution in [3.05, 3.63) is 76.5 Å². The molecule has 3 aromatic rings. The van der Waals surface area contributed by atoms with Crippen LogP contribution in [0.5, 0.6) is 5.75 Å². The first kappa shape index (κ1) is 23.8. The van der Waals surface area contributed by atoms with E-state index in [-0.39, 0.29) is 18.2 Å². The molecule has 0 spiro atoms. The Labute approximate surface area is 192 Å². The van der Waals surface area contributed by atoms with E-state index in [0.29, 0.717) is 39.6 Å². The van der Waals surface area contributed by atoms with Crippen LogP contribution in [0.25, 0.3) is 0 Å². The molecule has 0 saturated carbocycles. The van der Waals surface area contributed by atoms with Crippen molar-refractivity contribution in [1.82, 2.24) is 9.47 Å². The highest BCUT2D eigenvalue weighted by atomic mass is 16.5. The number of methoxy groups -OCH3 is 2. The summed E-state index contributed by atoms with van der Waals surface area (Å²) >= 11 is 0. The fraction of sp³-hybridized carbons (Fsp3) is 0.320. The summed E-state index contributed by atoms with van der Waals surface area (Å²) in [5.41, 5.74) is 2.27. The lowest BCUT2D eigenvalue weighted by Gasteiger charge is -2.28. The number of furan rings is 1. The van der Waals surface area contributed by atoms with Crippen LogP contribution >= 0.6 is 0 Å². The van der Waals surface area contributed by atoms with Crippen LogP contribution in [0.15, 0.2) is 47.1 Å². The lowest BCUT2D eigenvalue weighted by atomic mass is 9.99. The number of hydrogen-bond donors (Lipinski definition) is 0. The molecule has 8 heteroatoms. The number of nitrogens with zero attached hydrogens (tertiary/aromatic N) is 2. The summed E-state index contributed by atoms with van der Waals surface area (Å²) in [6, 6.07) is 9.35. The monoisotopic (exact) mass is 452 g/mol. The molecule has 1 atom stereocenters. The summed E-state index contributed by atoms with van der Waals surface area (Å²) in [5.74, 6) is 0.0532. The second kappa shape index (κ2) is 9.77. The molecular weight excluding hydrogens is 424 g/mol. The Bertz CT molecular complexity index is 1160. The third kappa shape index (κ3) is 4.55. The van der Waals surface area contributed by atoms with Gasteiger partial charge in [0.15, 0.2) is 5.78 Å². The van der Waals surface area contributed by atoms with E-state index in [1.807, 2.05) is 0 Å². The number of carbonyl (C=O) groups is 3. The highest BCUT2D eigenvalue weighted by molar-refractivity contribution is 6.07. The summed E-state index contributed by atoms with van der Waals surface area (Å²) in [6.07, 6.45) is 1.52. The number of ether oxygens (including phenoxy) is 2. The number of Topliss-reactive ketones (excluding diaryl/α,β-unsaturated/α-hetero) is 1. The normalized spacial score (nSPS) is 11.7. The molecule has 1 amide bonds. The van der Waals surface area contributed by atoms with Crippen molar-refractivity contribution in [2.75, 3.05) is 14.2 Å². The maximum Gasteiger partial charge on any atom is 0.354 e. The Kier molecular flexibility index (Phi) is 7.06. The lowest BCUT2D eigenvalue weighted by Crippen LogP contribution is -2.43. The molecular formula is C25H28N2O6. The molecule has 1 aromatic carbocycles. The summed E-state index contributed by atoms with van der Waals surface area (Å²) < 4.78 is 17.1. The zero-order valence-electron chi connectivity index (χ0n) is 19.7. The Hall–Kier alpha value is -3.81. The van der Waals surface area contributed by atoms with E-state index < -0.39 is 12.0 Å². The minimum absolute atomic E-state index is 0.111. The minimum Gasteiger partial charge on any atom is -0.497 e. The van der Waals surface area contributed by atoms with E-state index in [1.54, 1.807) is 75.9 Å². The SMILES string of the molecule is COC(=O)c1c(C)c(C(=O)C(C)N(Cc2ccco2)C(=O)c2ccc(OC)cc2)c(C)n1C. The summed E-state index contributed by atoms with van der Waals surface area (Å²) in [5, 5.41) is 0. The van der Waals surface area contributed by atoms with Crippen LogP contribution in [0.3, 0.4) is 0 Å². The zero-order chi connectivity index (χ0) is 24.3. The number of rotatable bonds is 8. The van der Waals surface area contributed by atoms with Crippen molar-refractivity contribution in [2.24, 2.45) is 7.05 Å². The van der Waals surface area contributed by atoms with Gasteiger partial charge >= 0.3 is 5.97 Å². The van der Waals surface area contributed by atoms with E-state index in [0.717, 1.165) is 0 Å². The molecule has 8 nitrogen and oxygen atoms in total. The Morgan fingerprint density at radius 1 is 1.09 bits per heavy atom. The Morgan fingerprint density at radius 3 is 2.30 bits per heavy atom. The third-order valence-corrected chi connectivity index (χ3v) is 5.91. The maximum atomic E-state index is 13.7. The standard InChI is InChI=1S/C25H28N2O6/c1-15-21(16(2)26(4)22(15)25(30)32-6)23(28)17(3)27(14-20-8-7-13-33-20)24(29)18-9-11-19(31-5)12-10-18/h7-13,17H,14H2,1-6H3. The van der Waals surface area contributed by atoms with Gasteiger partial charge in [-0.05, 0) is 62.7 Å². The highest BCUT2D eigenvalue weighted by Crippen LogP contribution is 2.26. The number of ketones is 1. The van der Waals surface area contributed by atoms with Crippen LogP contribution in [-0.4, -0.2) is 47.4 Å². The molecule has 0 aliphatic rings. The van der Waals surface area contributed by atoms with Gasteiger partial charge in [0.05, 0.1) is 33.1 Å². The van der Waals surface area contributed by atoms with Crippen LogP contribution in [0.4, 0.5) is 0 Å². The number of benzene rings is 1. The van der Waals surface area contributed by atoms with Crippen LogP contribution in [-0.2, 0) is 18.3 Å². The van der Waals surface area contributed by atoms with Gasteiger partial charge in [-0.2, -0.15) is 0 Å². The van der Waals surface area contributed by atoms with Gasteiger partial charge in [-0.3, -0.25) is 9.59 Å². The summed E-state index contributed by atoms with van der Waals surface area (Å²) in [4.78, 5) is 40.8. The van der Waals surface area contributed by atoms with Crippen molar-refractivity contribution in [3.63, 3.8) is 0 Å². The van der Waals surface area contributed by atoms with Crippen molar-refractivity contribution < 1.29 is 28.3 Å². The van der Waals surface area contributed by atoms with Crippen LogP contribution in [0.1, 0.15) is 55.1 Å². The first-order valence-corrected chi connectivity index (χ1v) is 10.5. The number of esters is 1. The first-order valence-electron chi connectivity index (χ1n) is 10.5. The van der Waals surface area contributed by atoms with E-state index in [9.17, 15) is 14.4 Å². The molecule has 0 saturated heterocycles. The number of carbonyl (C=O) groups excluding carboxylic acids is 3. The number of hydrogen-bond acceptors (Lipinski definition) is 6. The van der Waals surface area contributed by atoms with Crippen LogP contribution in [0, 0.1) is 13.8 Å². The number of amides is 1. The molecule has 0 fully saturated rings. The fourth-order valence-electron chi connectivity index (χ4n) is 3.93. The van der Waals surface area contributed by atoms with Crippen molar-refractivity contribution >= 4 is 17.7 Å². The predicted octanol–water partition coefficient (Wildman–Crippen LogP) is 3.94. The second-order valence-electron chi connectivity index (χ2n) is 7.77. The lowest BCUT2D eigenvalue weighted by molar-refractivity contribution is 0.0586. The van der Waals surface area contributed by atoms with E-state index in [1.165, 1.54) is 18.3 Å². The minimum atomic E-state index is -0.824. The smallest absolute Gasteiger partial charge is 0.354 e. The summed E-state index contributed by atoms with van der Waals surface area (Å²) in [6.45, 7) is 5.26. The van der Waals surface area contributed by atoms with Crippen molar-refractivity contribution in [3.8, 4) is 5.75 Å². The van der Waals surface area contributed by atoms with Gasteiger partial charge < -0.3 is 23.4 Å². The van der Waals surface area contributed by atoms with Crippen molar-refractivity contribution in [1.29, 1.82) is 0 Å². The average molecular weight is 453 g/mol. The molecule has 174 valence electrons. The van der Waals surface area contributed by atoms with Crippen LogP contribution < -0.4 is 4.74 Å². The van der Waals surface area contributed by atoms with Gasteiger partial charge in [0.1, 0.15) is 17.2 Å². The molecule has 0 N–H and O–H groups in total. The fourth-order valence-corrected chi connectivity index (χ4v) is 3.93. The van der Waals surface area contributed by atoms with Gasteiger partial charge in [-0.1, -0.05) is 0 Å². The molecule has 3 rings (SSSR count). The Balaban J connectivity index is 2.01. The second-order valence-corrected chi connectivity index (χ2v) is 7.77. The van der Waals surface area contributed by atoms with E-state index >= 15 is 0 Å².